The third kappa shape index (κ3) is 1.87. The van der Waals surface area contributed by atoms with Crippen LogP contribution in [0.4, 0.5) is 0 Å². The minimum absolute atomic E-state index is 0.663. The number of hydrogen-bond donors (Lipinski definition) is 0. The van der Waals surface area contributed by atoms with Gasteiger partial charge in [-0.15, -0.1) is 0 Å². The number of rotatable bonds is 1. The maximum absolute atomic E-state index is 5.38. The third-order valence-corrected chi connectivity index (χ3v) is 2.07. The Morgan fingerprint density at radius 2 is 1.85 bits per heavy atom. The molecular weight excluding hydrogens is 160 g/mol. The largest absolute Gasteiger partial charge is 0.372 e. The second kappa shape index (κ2) is 3.58. The van der Waals surface area contributed by atoms with Gasteiger partial charge in [0.1, 0.15) is 0 Å². The molecule has 1 aromatic rings. The maximum atomic E-state index is 5.38. The summed E-state index contributed by atoms with van der Waals surface area (Å²) in [5, 5.41) is 0. The highest BCUT2D eigenvalue weighted by Crippen LogP contribution is 2.20. The topological polar surface area (TPSA) is 9.23 Å². The molecule has 13 heavy (non-hydrogen) atoms. The number of ether oxygens (including phenoxy) is 1. The van der Waals surface area contributed by atoms with Crippen molar-refractivity contribution in [2.24, 2.45) is 0 Å². The van der Waals surface area contributed by atoms with Gasteiger partial charge in [0.15, 0.2) is 0 Å². The van der Waals surface area contributed by atoms with Crippen LogP contribution in [0, 0.1) is 0 Å². The Morgan fingerprint density at radius 3 is 2.54 bits per heavy atom. The van der Waals surface area contributed by atoms with Crippen LogP contribution in [0.2, 0.25) is 0 Å². The average molecular weight is 172 g/mol. The Bertz CT molecular complexity index is 335. The predicted molar refractivity (Wildman–Crippen MR) is 54.4 cm³/mol. The second-order valence-corrected chi connectivity index (χ2v) is 3.19. The van der Waals surface area contributed by atoms with Gasteiger partial charge in [0.2, 0.25) is 0 Å². The SMILES string of the molecule is C=C1C=C(c2ccccc2)COC1. The molecule has 0 N–H and O–H groups in total. The van der Waals surface area contributed by atoms with E-state index in [9.17, 15) is 0 Å². The molecule has 0 unspecified atom stereocenters. The Hall–Kier alpha value is -1.34. The molecule has 1 heteroatoms. The minimum Gasteiger partial charge on any atom is -0.372 e. The average Bonchev–Trinajstić information content (AvgIpc) is 2.19. The lowest BCUT2D eigenvalue weighted by Gasteiger charge is -2.15. The summed E-state index contributed by atoms with van der Waals surface area (Å²) in [5.74, 6) is 0. The molecule has 2 rings (SSSR count). The first-order valence-electron chi connectivity index (χ1n) is 4.38. The van der Waals surface area contributed by atoms with Gasteiger partial charge in [-0.25, -0.2) is 0 Å². The fourth-order valence-electron chi connectivity index (χ4n) is 1.44. The van der Waals surface area contributed by atoms with Gasteiger partial charge in [-0.3, -0.25) is 0 Å². The summed E-state index contributed by atoms with van der Waals surface area (Å²) in [6.45, 7) is 5.25. The summed E-state index contributed by atoms with van der Waals surface area (Å²) >= 11 is 0. The van der Waals surface area contributed by atoms with Crippen molar-refractivity contribution in [3.63, 3.8) is 0 Å². The van der Waals surface area contributed by atoms with Gasteiger partial charge in [-0.05, 0) is 16.7 Å². The first-order valence-corrected chi connectivity index (χ1v) is 4.38. The van der Waals surface area contributed by atoms with Crippen molar-refractivity contribution in [3.05, 3.63) is 54.1 Å². The second-order valence-electron chi connectivity index (χ2n) is 3.19. The molecule has 1 nitrogen and oxygen atoms in total. The summed E-state index contributed by atoms with van der Waals surface area (Å²) < 4.78 is 5.38. The van der Waals surface area contributed by atoms with Crippen LogP contribution < -0.4 is 0 Å². The fraction of sp³-hybridized carbons (Fsp3) is 0.167. The van der Waals surface area contributed by atoms with Crippen molar-refractivity contribution in [1.82, 2.24) is 0 Å². The number of benzene rings is 1. The van der Waals surface area contributed by atoms with Crippen LogP contribution >= 0.6 is 0 Å². The minimum atomic E-state index is 0.663. The molecular formula is C12H12O. The van der Waals surface area contributed by atoms with Gasteiger partial charge in [0.25, 0.3) is 0 Å². The van der Waals surface area contributed by atoms with Crippen molar-refractivity contribution in [1.29, 1.82) is 0 Å². The molecule has 1 aliphatic rings. The molecule has 1 heterocycles. The molecule has 0 bridgehead atoms. The molecule has 0 radical (unpaired) electrons. The van der Waals surface area contributed by atoms with Gasteiger partial charge in [0.05, 0.1) is 13.2 Å². The summed E-state index contributed by atoms with van der Waals surface area (Å²) in [7, 11) is 0. The lowest BCUT2D eigenvalue weighted by atomic mass is 10.0. The Labute approximate surface area is 78.3 Å². The van der Waals surface area contributed by atoms with Crippen LogP contribution in [0.15, 0.2) is 48.6 Å². The molecule has 0 saturated carbocycles. The Kier molecular flexibility index (Phi) is 2.28. The lowest BCUT2D eigenvalue weighted by molar-refractivity contribution is 0.189. The first-order chi connectivity index (χ1) is 6.36. The van der Waals surface area contributed by atoms with Gasteiger partial charge in [0, 0.05) is 0 Å². The molecule has 66 valence electrons. The Morgan fingerprint density at radius 1 is 1.08 bits per heavy atom. The zero-order chi connectivity index (χ0) is 9.10. The van der Waals surface area contributed by atoms with Crippen LogP contribution in [-0.4, -0.2) is 13.2 Å². The van der Waals surface area contributed by atoms with Gasteiger partial charge in [-0.1, -0.05) is 43.0 Å². The van der Waals surface area contributed by atoms with Crippen molar-refractivity contribution in [2.75, 3.05) is 13.2 Å². The van der Waals surface area contributed by atoms with Crippen LogP contribution in [0.1, 0.15) is 5.56 Å². The monoisotopic (exact) mass is 172 g/mol. The molecule has 0 aromatic heterocycles. The highest BCUT2D eigenvalue weighted by Gasteiger charge is 2.07. The number of hydrogen-bond acceptors (Lipinski definition) is 1. The summed E-state index contributed by atoms with van der Waals surface area (Å²) in [5.41, 5.74) is 3.49. The summed E-state index contributed by atoms with van der Waals surface area (Å²) in [4.78, 5) is 0. The fourth-order valence-corrected chi connectivity index (χ4v) is 1.44. The standard InChI is InChI=1S/C12H12O/c1-10-7-12(9-13-8-10)11-5-3-2-4-6-11/h2-7H,1,8-9H2. The van der Waals surface area contributed by atoms with Gasteiger partial charge >= 0.3 is 0 Å². The molecule has 0 atom stereocenters. The zero-order valence-electron chi connectivity index (χ0n) is 7.49. The Balaban J connectivity index is 2.31. The van der Waals surface area contributed by atoms with E-state index >= 15 is 0 Å². The smallest absolute Gasteiger partial charge is 0.0727 e. The third-order valence-electron chi connectivity index (χ3n) is 2.07. The van der Waals surface area contributed by atoms with E-state index in [2.05, 4.69) is 24.8 Å². The molecule has 0 amide bonds. The maximum Gasteiger partial charge on any atom is 0.0727 e. The van der Waals surface area contributed by atoms with Crippen LogP contribution in [0.25, 0.3) is 5.57 Å². The van der Waals surface area contributed by atoms with Crippen LogP contribution in [0.3, 0.4) is 0 Å². The molecule has 0 spiro atoms. The summed E-state index contributed by atoms with van der Waals surface area (Å²) in [6, 6.07) is 10.3. The van der Waals surface area contributed by atoms with Crippen molar-refractivity contribution < 1.29 is 4.74 Å². The van der Waals surface area contributed by atoms with Crippen LogP contribution in [0.5, 0.6) is 0 Å². The highest BCUT2D eigenvalue weighted by molar-refractivity contribution is 5.69. The molecule has 0 fully saturated rings. The zero-order valence-corrected chi connectivity index (χ0v) is 7.49. The van der Waals surface area contributed by atoms with Crippen molar-refractivity contribution in [2.45, 2.75) is 0 Å². The van der Waals surface area contributed by atoms with E-state index in [0.29, 0.717) is 13.2 Å². The lowest BCUT2D eigenvalue weighted by Crippen LogP contribution is -2.06. The highest BCUT2D eigenvalue weighted by atomic mass is 16.5. The first kappa shape index (κ1) is 8.27. The van der Waals surface area contributed by atoms with Crippen LogP contribution in [-0.2, 0) is 4.74 Å². The quantitative estimate of drug-likeness (QED) is 0.632. The van der Waals surface area contributed by atoms with E-state index in [0.717, 1.165) is 5.57 Å². The normalized spacial score (nSPS) is 16.9. The van der Waals surface area contributed by atoms with E-state index in [-0.39, 0.29) is 0 Å². The molecule has 0 aliphatic carbocycles. The van der Waals surface area contributed by atoms with Gasteiger partial charge in [-0.2, -0.15) is 0 Å². The van der Waals surface area contributed by atoms with E-state index in [1.165, 1.54) is 11.1 Å². The van der Waals surface area contributed by atoms with E-state index in [4.69, 9.17) is 4.74 Å². The van der Waals surface area contributed by atoms with Gasteiger partial charge < -0.3 is 4.74 Å². The van der Waals surface area contributed by atoms with Crippen molar-refractivity contribution >= 4 is 5.57 Å². The summed E-state index contributed by atoms with van der Waals surface area (Å²) in [6.07, 6.45) is 2.11. The molecule has 1 aliphatic heterocycles. The predicted octanol–water partition coefficient (Wildman–Crippen LogP) is 2.66. The van der Waals surface area contributed by atoms with E-state index in [1.807, 2.05) is 18.2 Å². The van der Waals surface area contributed by atoms with E-state index < -0.39 is 0 Å². The van der Waals surface area contributed by atoms with Crippen molar-refractivity contribution in [3.8, 4) is 0 Å². The molecule has 1 aromatic carbocycles. The molecule has 0 saturated heterocycles. The van der Waals surface area contributed by atoms with E-state index in [1.54, 1.807) is 0 Å².